The van der Waals surface area contributed by atoms with Gasteiger partial charge in [-0.2, -0.15) is 0 Å². The third-order valence-electron chi connectivity index (χ3n) is 3.55. The van der Waals surface area contributed by atoms with Crippen LogP contribution >= 0.6 is 11.6 Å². The predicted octanol–water partition coefficient (Wildman–Crippen LogP) is 4.33. The molecule has 0 aliphatic carbocycles. The number of halogens is 2. The van der Waals surface area contributed by atoms with Crippen molar-refractivity contribution in [3.05, 3.63) is 70.0 Å². The molecule has 2 nitrogen and oxygen atoms in total. The average Bonchev–Trinajstić information content (AvgIpc) is 2.43. The molecule has 112 valence electrons. The lowest BCUT2D eigenvalue weighted by Gasteiger charge is -2.22. The van der Waals surface area contributed by atoms with Gasteiger partial charge in [-0.05, 0) is 34.7 Å². The molecule has 0 aliphatic heterocycles. The fourth-order valence-electron chi connectivity index (χ4n) is 2.28. The van der Waals surface area contributed by atoms with Crippen LogP contribution in [0.4, 0.5) is 4.39 Å². The first-order valence-corrected chi connectivity index (χ1v) is 7.22. The van der Waals surface area contributed by atoms with Crippen LogP contribution in [0.15, 0.2) is 42.5 Å². The number of hydrazine groups is 1. The Morgan fingerprint density at radius 1 is 1.10 bits per heavy atom. The summed E-state index contributed by atoms with van der Waals surface area (Å²) in [4.78, 5) is 0. The molecule has 0 bridgehead atoms. The number of hydrogen-bond acceptors (Lipinski definition) is 2. The van der Waals surface area contributed by atoms with E-state index in [0.717, 1.165) is 5.56 Å². The lowest BCUT2D eigenvalue weighted by atomic mass is 9.86. The zero-order chi connectivity index (χ0) is 15.6. The summed E-state index contributed by atoms with van der Waals surface area (Å²) in [5, 5.41) is 0.484. The summed E-state index contributed by atoms with van der Waals surface area (Å²) in [6.07, 6.45) is 0. The van der Waals surface area contributed by atoms with Crippen LogP contribution in [0.1, 0.15) is 43.5 Å². The first kappa shape index (κ1) is 16.0. The Labute approximate surface area is 130 Å². The van der Waals surface area contributed by atoms with Gasteiger partial charge in [0.2, 0.25) is 0 Å². The Morgan fingerprint density at radius 2 is 1.71 bits per heavy atom. The van der Waals surface area contributed by atoms with E-state index in [0.29, 0.717) is 10.6 Å². The highest BCUT2D eigenvalue weighted by molar-refractivity contribution is 6.30. The van der Waals surface area contributed by atoms with Crippen LogP contribution in [0.25, 0.3) is 0 Å². The summed E-state index contributed by atoms with van der Waals surface area (Å²) in [5.41, 5.74) is 5.29. The quantitative estimate of drug-likeness (QED) is 0.654. The maximum Gasteiger partial charge on any atom is 0.128 e. The van der Waals surface area contributed by atoms with Gasteiger partial charge < -0.3 is 0 Å². The molecule has 2 rings (SSSR count). The Morgan fingerprint density at radius 3 is 2.24 bits per heavy atom. The molecular weight excluding hydrogens is 287 g/mol. The van der Waals surface area contributed by atoms with Gasteiger partial charge >= 0.3 is 0 Å². The highest BCUT2D eigenvalue weighted by Crippen LogP contribution is 2.29. The van der Waals surface area contributed by atoms with Gasteiger partial charge in [0.15, 0.2) is 0 Å². The minimum atomic E-state index is -0.433. The van der Waals surface area contributed by atoms with E-state index in [-0.39, 0.29) is 11.2 Å². The maximum absolute atomic E-state index is 14.0. The van der Waals surface area contributed by atoms with Crippen LogP contribution in [0.5, 0.6) is 0 Å². The zero-order valence-electron chi connectivity index (χ0n) is 12.5. The van der Waals surface area contributed by atoms with Gasteiger partial charge in [0.1, 0.15) is 5.82 Å². The molecule has 3 N–H and O–H groups in total. The molecule has 0 radical (unpaired) electrons. The monoisotopic (exact) mass is 306 g/mol. The van der Waals surface area contributed by atoms with E-state index in [9.17, 15) is 4.39 Å². The number of nitrogens with one attached hydrogen (secondary N) is 1. The molecule has 1 unspecified atom stereocenters. The topological polar surface area (TPSA) is 38.0 Å². The van der Waals surface area contributed by atoms with Crippen molar-refractivity contribution in [1.29, 1.82) is 0 Å². The van der Waals surface area contributed by atoms with Crippen LogP contribution in [0, 0.1) is 5.82 Å². The molecule has 0 saturated heterocycles. The van der Waals surface area contributed by atoms with E-state index in [1.807, 2.05) is 24.3 Å². The van der Waals surface area contributed by atoms with Crippen LogP contribution in [0.3, 0.4) is 0 Å². The van der Waals surface area contributed by atoms with Crippen molar-refractivity contribution in [2.45, 2.75) is 32.2 Å². The molecule has 0 saturated carbocycles. The minimum absolute atomic E-state index is 0.0749. The molecule has 1 atom stereocenters. The highest BCUT2D eigenvalue weighted by Gasteiger charge is 2.19. The average molecular weight is 307 g/mol. The van der Waals surface area contributed by atoms with Gasteiger partial charge in [0, 0.05) is 10.6 Å². The molecular formula is C17H20ClFN2. The molecule has 0 fully saturated rings. The van der Waals surface area contributed by atoms with Gasteiger partial charge in [-0.3, -0.25) is 5.84 Å². The number of nitrogens with two attached hydrogens (primary N) is 1. The SMILES string of the molecule is CC(C)(C)c1ccc(C(NN)c2cc(Cl)ccc2F)cc1. The summed E-state index contributed by atoms with van der Waals surface area (Å²) >= 11 is 5.96. The van der Waals surface area contributed by atoms with E-state index in [4.69, 9.17) is 17.4 Å². The lowest BCUT2D eigenvalue weighted by Crippen LogP contribution is -2.29. The van der Waals surface area contributed by atoms with Crippen molar-refractivity contribution >= 4 is 11.6 Å². The molecule has 0 heterocycles. The van der Waals surface area contributed by atoms with Crippen molar-refractivity contribution < 1.29 is 4.39 Å². The molecule has 0 aromatic heterocycles. The molecule has 0 aliphatic rings. The normalized spacial score (nSPS) is 13.2. The van der Waals surface area contributed by atoms with Gasteiger partial charge in [-0.1, -0.05) is 56.6 Å². The number of rotatable bonds is 3. The summed E-state index contributed by atoms with van der Waals surface area (Å²) in [7, 11) is 0. The lowest BCUT2D eigenvalue weighted by molar-refractivity contribution is 0.558. The van der Waals surface area contributed by atoms with Crippen molar-refractivity contribution in [1.82, 2.24) is 5.43 Å². The second-order valence-corrected chi connectivity index (χ2v) is 6.57. The van der Waals surface area contributed by atoms with Crippen LogP contribution in [-0.4, -0.2) is 0 Å². The van der Waals surface area contributed by atoms with Crippen LogP contribution < -0.4 is 11.3 Å². The third-order valence-corrected chi connectivity index (χ3v) is 3.78. The largest absolute Gasteiger partial charge is 0.271 e. The first-order valence-electron chi connectivity index (χ1n) is 6.84. The Hall–Kier alpha value is -1.42. The molecule has 0 amide bonds. The van der Waals surface area contributed by atoms with E-state index in [2.05, 4.69) is 26.2 Å². The molecule has 4 heteroatoms. The Kier molecular flexibility index (Phi) is 4.67. The van der Waals surface area contributed by atoms with Gasteiger partial charge in [0.25, 0.3) is 0 Å². The fourth-order valence-corrected chi connectivity index (χ4v) is 2.46. The number of hydrogen-bond donors (Lipinski definition) is 2. The van der Waals surface area contributed by atoms with E-state index >= 15 is 0 Å². The molecule has 21 heavy (non-hydrogen) atoms. The van der Waals surface area contributed by atoms with Gasteiger partial charge in [-0.25, -0.2) is 9.82 Å². The van der Waals surface area contributed by atoms with Gasteiger partial charge in [0.05, 0.1) is 6.04 Å². The Balaban J connectivity index is 2.40. The van der Waals surface area contributed by atoms with Crippen molar-refractivity contribution in [3.8, 4) is 0 Å². The first-order chi connectivity index (χ1) is 9.82. The smallest absolute Gasteiger partial charge is 0.128 e. The third kappa shape index (κ3) is 3.62. The standard InChI is InChI=1S/C17H20ClFN2/c1-17(2,3)12-6-4-11(5-7-12)16(21-20)14-10-13(18)8-9-15(14)19/h4-10,16,21H,20H2,1-3H3. The zero-order valence-corrected chi connectivity index (χ0v) is 13.2. The Bertz CT molecular complexity index is 618. The fraction of sp³-hybridized carbons (Fsp3) is 0.294. The van der Waals surface area contributed by atoms with Gasteiger partial charge in [-0.15, -0.1) is 0 Å². The summed E-state index contributed by atoms with van der Waals surface area (Å²) in [6.45, 7) is 6.45. The summed E-state index contributed by atoms with van der Waals surface area (Å²) in [6, 6.07) is 12.1. The van der Waals surface area contributed by atoms with E-state index in [1.54, 1.807) is 6.07 Å². The number of benzene rings is 2. The van der Waals surface area contributed by atoms with Crippen LogP contribution in [-0.2, 0) is 5.41 Å². The second kappa shape index (κ2) is 6.14. The maximum atomic E-state index is 14.0. The summed E-state index contributed by atoms with van der Waals surface area (Å²) in [5.74, 6) is 5.29. The second-order valence-electron chi connectivity index (χ2n) is 6.14. The van der Waals surface area contributed by atoms with Crippen molar-refractivity contribution in [2.24, 2.45) is 5.84 Å². The van der Waals surface area contributed by atoms with Crippen molar-refractivity contribution in [2.75, 3.05) is 0 Å². The highest BCUT2D eigenvalue weighted by atomic mass is 35.5. The molecule has 2 aromatic rings. The molecule has 2 aromatic carbocycles. The van der Waals surface area contributed by atoms with E-state index < -0.39 is 6.04 Å². The van der Waals surface area contributed by atoms with Crippen LogP contribution in [0.2, 0.25) is 5.02 Å². The minimum Gasteiger partial charge on any atom is -0.271 e. The van der Waals surface area contributed by atoms with Crippen molar-refractivity contribution in [3.63, 3.8) is 0 Å². The summed E-state index contributed by atoms with van der Waals surface area (Å²) < 4.78 is 14.0. The predicted molar refractivity (Wildman–Crippen MR) is 85.7 cm³/mol. The molecule has 0 spiro atoms. The van der Waals surface area contributed by atoms with E-state index in [1.165, 1.54) is 17.7 Å².